The SMILES string of the molecule is O=C(O)C(F)(F)F.O=C(O)c1[nH]nnc1Oc1ccc(-c2cccc(C3CCOCC3)c2)cc1. The van der Waals surface area contributed by atoms with E-state index in [1.54, 1.807) is 12.1 Å². The van der Waals surface area contributed by atoms with Crippen LogP contribution in [0, 0.1) is 0 Å². The molecule has 2 aromatic carbocycles. The third kappa shape index (κ3) is 6.54. The topological polar surface area (TPSA) is 135 Å². The Morgan fingerprint density at radius 2 is 1.68 bits per heavy atom. The van der Waals surface area contributed by atoms with E-state index in [9.17, 15) is 18.0 Å². The number of rotatable bonds is 5. The molecule has 1 aliphatic rings. The monoisotopic (exact) mass is 479 g/mol. The molecule has 34 heavy (non-hydrogen) atoms. The highest BCUT2D eigenvalue weighted by atomic mass is 19.4. The van der Waals surface area contributed by atoms with Crippen molar-refractivity contribution in [1.82, 2.24) is 15.4 Å². The zero-order chi connectivity index (χ0) is 24.7. The van der Waals surface area contributed by atoms with E-state index < -0.39 is 18.1 Å². The summed E-state index contributed by atoms with van der Waals surface area (Å²) >= 11 is 0. The van der Waals surface area contributed by atoms with Gasteiger partial charge in [-0.2, -0.15) is 13.2 Å². The number of carboxylic acid groups (broad SMARTS) is 2. The van der Waals surface area contributed by atoms with Gasteiger partial charge in [0.2, 0.25) is 5.69 Å². The summed E-state index contributed by atoms with van der Waals surface area (Å²) in [5.41, 5.74) is 3.36. The van der Waals surface area contributed by atoms with Gasteiger partial charge in [0, 0.05) is 13.2 Å². The number of nitrogens with one attached hydrogen (secondary N) is 1. The number of carbonyl (C=O) groups is 2. The summed E-state index contributed by atoms with van der Waals surface area (Å²) in [5, 5.41) is 25.6. The molecule has 180 valence electrons. The molecule has 0 atom stereocenters. The van der Waals surface area contributed by atoms with E-state index in [0.717, 1.165) is 37.2 Å². The summed E-state index contributed by atoms with van der Waals surface area (Å²) in [7, 11) is 0. The Labute approximate surface area is 191 Å². The van der Waals surface area contributed by atoms with Crippen molar-refractivity contribution in [3.63, 3.8) is 0 Å². The fourth-order valence-corrected chi connectivity index (χ4v) is 3.26. The van der Waals surface area contributed by atoms with Gasteiger partial charge in [-0.3, -0.25) is 0 Å². The Kier molecular flexibility index (Phi) is 7.84. The van der Waals surface area contributed by atoms with Crippen LogP contribution in [0.3, 0.4) is 0 Å². The third-order valence-corrected chi connectivity index (χ3v) is 4.95. The van der Waals surface area contributed by atoms with Crippen molar-refractivity contribution in [2.24, 2.45) is 0 Å². The summed E-state index contributed by atoms with van der Waals surface area (Å²) < 4.78 is 42.7. The Balaban J connectivity index is 0.000000406. The molecule has 3 aromatic rings. The van der Waals surface area contributed by atoms with Crippen molar-refractivity contribution in [3.05, 3.63) is 59.8 Å². The molecule has 9 nitrogen and oxygen atoms in total. The minimum atomic E-state index is -5.08. The zero-order valence-electron chi connectivity index (χ0n) is 17.6. The smallest absolute Gasteiger partial charge is 0.476 e. The van der Waals surface area contributed by atoms with Crippen LogP contribution in [0.25, 0.3) is 11.1 Å². The quantitative estimate of drug-likeness (QED) is 0.487. The molecule has 0 saturated carbocycles. The lowest BCUT2D eigenvalue weighted by Crippen LogP contribution is -2.21. The summed E-state index contributed by atoms with van der Waals surface area (Å²) in [5.74, 6) is -2.94. The highest BCUT2D eigenvalue weighted by Crippen LogP contribution is 2.31. The largest absolute Gasteiger partial charge is 0.490 e. The van der Waals surface area contributed by atoms with Crippen molar-refractivity contribution in [1.29, 1.82) is 0 Å². The van der Waals surface area contributed by atoms with Crippen molar-refractivity contribution in [2.75, 3.05) is 13.2 Å². The van der Waals surface area contributed by atoms with Gasteiger partial charge in [0.05, 0.1) is 0 Å². The summed E-state index contributed by atoms with van der Waals surface area (Å²) in [6.07, 6.45) is -2.97. The molecule has 0 bridgehead atoms. The van der Waals surface area contributed by atoms with Crippen LogP contribution < -0.4 is 4.74 Å². The van der Waals surface area contributed by atoms with Crippen molar-refractivity contribution < 1.29 is 42.4 Å². The number of aromatic nitrogens is 3. The van der Waals surface area contributed by atoms with Gasteiger partial charge in [-0.15, -0.1) is 0 Å². The van der Waals surface area contributed by atoms with Crippen LogP contribution in [0.2, 0.25) is 0 Å². The average molecular weight is 479 g/mol. The highest BCUT2D eigenvalue weighted by molar-refractivity contribution is 5.87. The second-order valence-electron chi connectivity index (χ2n) is 7.24. The Morgan fingerprint density at radius 1 is 1.03 bits per heavy atom. The zero-order valence-corrected chi connectivity index (χ0v) is 17.6. The van der Waals surface area contributed by atoms with E-state index in [0.29, 0.717) is 11.7 Å². The van der Waals surface area contributed by atoms with Gasteiger partial charge in [-0.1, -0.05) is 46.7 Å². The fourth-order valence-electron chi connectivity index (χ4n) is 3.26. The van der Waals surface area contributed by atoms with Crippen LogP contribution in [0.15, 0.2) is 48.5 Å². The first-order valence-electron chi connectivity index (χ1n) is 10.1. The number of carboxylic acids is 2. The van der Waals surface area contributed by atoms with Crippen LogP contribution in [0.4, 0.5) is 13.2 Å². The second kappa shape index (κ2) is 10.8. The number of hydrogen-bond donors (Lipinski definition) is 3. The molecule has 12 heteroatoms. The molecule has 1 saturated heterocycles. The molecule has 1 aromatic heterocycles. The number of halogens is 3. The number of ether oxygens (including phenoxy) is 2. The summed E-state index contributed by atoms with van der Waals surface area (Å²) in [4.78, 5) is 20.0. The number of nitrogens with zero attached hydrogens (tertiary/aromatic N) is 2. The van der Waals surface area contributed by atoms with E-state index >= 15 is 0 Å². The van der Waals surface area contributed by atoms with Gasteiger partial charge in [0.15, 0.2) is 0 Å². The van der Waals surface area contributed by atoms with Gasteiger partial charge < -0.3 is 19.7 Å². The molecule has 1 fully saturated rings. The van der Waals surface area contributed by atoms with Gasteiger partial charge in [-0.25, -0.2) is 14.7 Å². The van der Waals surface area contributed by atoms with Crippen LogP contribution in [-0.4, -0.2) is 57.0 Å². The van der Waals surface area contributed by atoms with Gasteiger partial charge in [0.1, 0.15) is 5.75 Å². The molecular formula is C22H20F3N3O6. The van der Waals surface area contributed by atoms with Gasteiger partial charge >= 0.3 is 18.1 Å². The number of benzene rings is 2. The molecule has 0 spiro atoms. The molecule has 0 aliphatic carbocycles. The first-order valence-corrected chi connectivity index (χ1v) is 10.1. The highest BCUT2D eigenvalue weighted by Gasteiger charge is 2.38. The minimum Gasteiger partial charge on any atom is -0.476 e. The number of aromatic amines is 1. The van der Waals surface area contributed by atoms with Crippen LogP contribution in [0.1, 0.15) is 34.8 Å². The first kappa shape index (κ1) is 24.7. The standard InChI is InChI=1S/C20H19N3O4.C2HF3O2/c24-20(25)18-19(22-23-21-18)27-17-6-4-13(5-7-17)15-2-1-3-16(12-15)14-8-10-26-11-9-14;3-2(4,5)1(6)7/h1-7,12,14H,8-11H2,(H,24,25)(H,21,22,23);(H,6,7). The van der Waals surface area contributed by atoms with Gasteiger partial charge in [0.25, 0.3) is 5.88 Å². The lowest BCUT2D eigenvalue weighted by molar-refractivity contribution is -0.192. The number of alkyl halides is 3. The maximum Gasteiger partial charge on any atom is 0.490 e. The summed E-state index contributed by atoms with van der Waals surface area (Å²) in [6.45, 7) is 1.64. The number of hydrogen-bond acceptors (Lipinski definition) is 6. The molecule has 0 radical (unpaired) electrons. The molecule has 4 rings (SSSR count). The Hall–Kier alpha value is -3.93. The molecule has 0 unspecified atom stereocenters. The van der Waals surface area contributed by atoms with E-state index in [1.807, 2.05) is 12.1 Å². The van der Waals surface area contributed by atoms with E-state index in [4.69, 9.17) is 24.5 Å². The van der Waals surface area contributed by atoms with Crippen molar-refractivity contribution in [3.8, 4) is 22.8 Å². The lowest BCUT2D eigenvalue weighted by Gasteiger charge is -2.22. The van der Waals surface area contributed by atoms with Crippen molar-refractivity contribution in [2.45, 2.75) is 24.9 Å². The normalized spacial score (nSPS) is 14.1. The molecule has 1 aliphatic heterocycles. The maximum absolute atomic E-state index is 11.1. The Morgan fingerprint density at radius 3 is 2.26 bits per heavy atom. The molecule has 3 N–H and O–H groups in total. The molecule has 2 heterocycles. The van der Waals surface area contributed by atoms with Crippen LogP contribution >= 0.6 is 0 Å². The van der Waals surface area contributed by atoms with E-state index in [1.165, 1.54) is 5.56 Å². The maximum atomic E-state index is 11.1. The average Bonchev–Trinajstić information content (AvgIpc) is 3.28. The third-order valence-electron chi connectivity index (χ3n) is 4.95. The predicted octanol–water partition coefficient (Wildman–Crippen LogP) is 4.49. The summed E-state index contributed by atoms with van der Waals surface area (Å²) in [6, 6.07) is 16.0. The van der Waals surface area contributed by atoms with Gasteiger partial charge in [-0.05, 0) is 47.6 Å². The Bertz CT molecular complexity index is 1130. The predicted molar refractivity (Wildman–Crippen MR) is 112 cm³/mol. The second-order valence-corrected chi connectivity index (χ2v) is 7.24. The van der Waals surface area contributed by atoms with E-state index in [2.05, 4.69) is 39.7 Å². The number of H-pyrrole nitrogens is 1. The molecule has 0 amide bonds. The lowest BCUT2D eigenvalue weighted by atomic mass is 9.90. The molecular weight excluding hydrogens is 459 g/mol. The van der Waals surface area contributed by atoms with E-state index in [-0.39, 0.29) is 11.6 Å². The number of aromatic carboxylic acids is 1. The first-order chi connectivity index (χ1) is 16.1. The number of aliphatic carboxylic acids is 1. The van der Waals surface area contributed by atoms with Crippen LogP contribution in [-0.2, 0) is 9.53 Å². The minimum absolute atomic E-state index is 0.0586. The van der Waals surface area contributed by atoms with Crippen molar-refractivity contribution >= 4 is 11.9 Å². The fraction of sp³-hybridized carbons (Fsp3) is 0.273. The van der Waals surface area contributed by atoms with Crippen LogP contribution in [0.5, 0.6) is 11.6 Å².